The Bertz CT molecular complexity index is 1580. The van der Waals surface area contributed by atoms with E-state index in [-0.39, 0.29) is 26.7 Å². The lowest BCUT2D eigenvalue weighted by Crippen LogP contribution is -2.31. The molecule has 0 aliphatic heterocycles. The molecule has 1 atom stereocenters. The van der Waals surface area contributed by atoms with Crippen molar-refractivity contribution in [3.05, 3.63) is 98.5 Å². The summed E-state index contributed by atoms with van der Waals surface area (Å²) < 4.78 is 63.7. The molecule has 0 saturated carbocycles. The van der Waals surface area contributed by atoms with Crippen LogP contribution in [0.2, 0.25) is 9.36 Å². The molecule has 1 heterocycles. The van der Waals surface area contributed by atoms with Gasteiger partial charge < -0.3 is 10.1 Å². The molecule has 0 unspecified atom stereocenters. The Labute approximate surface area is 233 Å². The molecule has 0 amide bonds. The maximum Gasteiger partial charge on any atom is 0.269 e. The second-order valence-electron chi connectivity index (χ2n) is 8.40. The maximum atomic E-state index is 15.4. The molecular weight excluding hydrogens is 575 g/mol. The van der Waals surface area contributed by atoms with Crippen molar-refractivity contribution in [2.75, 3.05) is 16.7 Å². The fourth-order valence-corrected chi connectivity index (χ4v) is 6.70. The monoisotopic (exact) mass is 597 g/mol. The third-order valence-corrected chi connectivity index (χ3v) is 9.19. The molecular formula is C26H23Cl2F2N3O3S2. The van der Waals surface area contributed by atoms with Gasteiger partial charge >= 0.3 is 0 Å². The summed E-state index contributed by atoms with van der Waals surface area (Å²) in [5, 5.41) is 2.96. The molecule has 200 valence electrons. The topological polar surface area (TPSA) is 71.5 Å². The summed E-state index contributed by atoms with van der Waals surface area (Å²) in [6.45, 7) is 3.36. The lowest BCUT2D eigenvalue weighted by molar-refractivity contribution is 0.414. The zero-order valence-electron chi connectivity index (χ0n) is 20.5. The number of aromatic nitrogens is 1. The fraction of sp³-hybridized carbons (Fsp3) is 0.192. The van der Waals surface area contributed by atoms with E-state index in [1.54, 1.807) is 43.3 Å². The lowest BCUT2D eigenvalue weighted by Gasteiger charge is -2.24. The minimum atomic E-state index is -4.48. The Balaban J connectivity index is 1.71. The summed E-state index contributed by atoms with van der Waals surface area (Å²) in [5.74, 6) is -0.852. The average Bonchev–Trinajstić information content (AvgIpc) is 3.30. The van der Waals surface area contributed by atoms with Crippen molar-refractivity contribution in [2.45, 2.75) is 31.3 Å². The number of benzene rings is 3. The van der Waals surface area contributed by atoms with Gasteiger partial charge in [0.05, 0.1) is 36.6 Å². The van der Waals surface area contributed by atoms with Crippen molar-refractivity contribution >= 4 is 55.4 Å². The molecule has 0 aliphatic rings. The van der Waals surface area contributed by atoms with Crippen molar-refractivity contribution < 1.29 is 21.9 Å². The molecule has 0 aliphatic carbocycles. The number of hydrogen-bond donors (Lipinski definition) is 1. The number of nitrogens with zero attached hydrogens (tertiary/aromatic N) is 2. The van der Waals surface area contributed by atoms with Crippen LogP contribution in [-0.4, -0.2) is 20.5 Å². The Morgan fingerprint density at radius 3 is 2.47 bits per heavy atom. The predicted molar refractivity (Wildman–Crippen MR) is 148 cm³/mol. The summed E-state index contributed by atoms with van der Waals surface area (Å²) >= 11 is 13.4. The van der Waals surface area contributed by atoms with Crippen molar-refractivity contribution in [3.8, 4) is 5.75 Å². The van der Waals surface area contributed by atoms with E-state index in [0.29, 0.717) is 16.9 Å². The van der Waals surface area contributed by atoms with Gasteiger partial charge in [0, 0.05) is 5.56 Å². The second-order valence-corrected chi connectivity index (χ2v) is 12.3. The molecule has 12 heteroatoms. The summed E-state index contributed by atoms with van der Waals surface area (Å²) in [6, 6.07) is 12.8. The predicted octanol–water partition coefficient (Wildman–Crippen LogP) is 7.61. The van der Waals surface area contributed by atoms with Gasteiger partial charge in [-0.25, -0.2) is 26.5 Å². The van der Waals surface area contributed by atoms with E-state index in [9.17, 15) is 12.8 Å². The Kier molecular flexibility index (Phi) is 8.46. The van der Waals surface area contributed by atoms with Gasteiger partial charge in [0.25, 0.3) is 10.0 Å². The second kappa shape index (κ2) is 11.4. The smallest absolute Gasteiger partial charge is 0.269 e. The van der Waals surface area contributed by atoms with Crippen LogP contribution in [0.25, 0.3) is 0 Å². The van der Waals surface area contributed by atoms with Gasteiger partial charge in [0.1, 0.15) is 26.6 Å². The highest BCUT2D eigenvalue weighted by Gasteiger charge is 2.32. The number of hydrogen-bond acceptors (Lipinski definition) is 6. The summed E-state index contributed by atoms with van der Waals surface area (Å²) in [4.78, 5) is 3.49. The van der Waals surface area contributed by atoms with Gasteiger partial charge in [-0.3, -0.25) is 0 Å². The van der Waals surface area contributed by atoms with Crippen LogP contribution in [0.4, 0.5) is 19.6 Å². The van der Waals surface area contributed by atoms with Crippen molar-refractivity contribution in [3.63, 3.8) is 0 Å². The third kappa shape index (κ3) is 5.88. The number of nitrogens with one attached hydrogen (secondary N) is 1. The molecule has 0 saturated heterocycles. The van der Waals surface area contributed by atoms with Crippen molar-refractivity contribution in [2.24, 2.45) is 0 Å². The van der Waals surface area contributed by atoms with E-state index < -0.39 is 32.6 Å². The highest BCUT2D eigenvalue weighted by atomic mass is 35.5. The minimum Gasteiger partial charge on any atom is -0.497 e. The number of rotatable bonds is 9. The zero-order chi connectivity index (χ0) is 27.6. The molecule has 0 radical (unpaired) electrons. The first-order valence-electron chi connectivity index (χ1n) is 11.3. The van der Waals surface area contributed by atoms with E-state index in [2.05, 4.69) is 10.3 Å². The molecule has 1 N–H and O–H groups in total. The summed E-state index contributed by atoms with van der Waals surface area (Å²) in [5.41, 5.74) is 1.90. The highest BCUT2D eigenvalue weighted by molar-refractivity contribution is 7.93. The molecule has 6 nitrogen and oxygen atoms in total. The first-order valence-corrected chi connectivity index (χ1v) is 14.3. The van der Waals surface area contributed by atoms with Crippen LogP contribution in [0.5, 0.6) is 5.75 Å². The SMILES string of the molecule is COc1ccc(CN(c2ncc(Cl)s2)S(=O)(=O)c2cc(Cl)c(N[C@@H](C)c3ccccc3F)cc2F)c(C)c1. The molecule has 38 heavy (non-hydrogen) atoms. The highest BCUT2D eigenvalue weighted by Crippen LogP contribution is 2.37. The zero-order valence-corrected chi connectivity index (χ0v) is 23.7. The summed E-state index contributed by atoms with van der Waals surface area (Å²) in [6.07, 6.45) is 1.32. The summed E-state index contributed by atoms with van der Waals surface area (Å²) in [7, 11) is -2.95. The molecule has 0 fully saturated rings. The molecule has 3 aromatic carbocycles. The Hall–Kier alpha value is -2.92. The first kappa shape index (κ1) is 28.1. The van der Waals surface area contributed by atoms with Gasteiger partial charge in [-0.05, 0) is 55.3 Å². The first-order chi connectivity index (χ1) is 18.0. The number of ether oxygens (including phenoxy) is 1. The normalized spacial score (nSPS) is 12.3. The van der Waals surface area contributed by atoms with E-state index in [1.165, 1.54) is 19.4 Å². The standard InChI is InChI=1S/C26H23Cl2F2N3O3S2/c1-15-10-18(36-3)9-8-17(15)14-33(26-31-13-25(28)37-26)38(34,35)24-11-20(27)23(12-22(24)30)32-16(2)19-6-4-5-7-21(19)29/h4-13,16,32H,14H2,1-3H3/t16-/m0/s1. The molecule has 1 aromatic heterocycles. The Morgan fingerprint density at radius 1 is 1.11 bits per heavy atom. The molecule has 4 rings (SSSR count). The fourth-order valence-electron chi connectivity index (χ4n) is 3.84. The van der Waals surface area contributed by atoms with Gasteiger partial charge in [-0.15, -0.1) is 0 Å². The van der Waals surface area contributed by atoms with Crippen LogP contribution < -0.4 is 14.4 Å². The number of aryl methyl sites for hydroxylation is 1. The molecule has 0 spiro atoms. The van der Waals surface area contributed by atoms with E-state index >= 15 is 4.39 Å². The Morgan fingerprint density at radius 2 is 1.84 bits per heavy atom. The van der Waals surface area contributed by atoms with Crippen molar-refractivity contribution in [1.29, 1.82) is 0 Å². The minimum absolute atomic E-state index is 0.0501. The van der Waals surface area contributed by atoms with Gasteiger partial charge in [-0.2, -0.15) is 0 Å². The number of anilines is 2. The van der Waals surface area contributed by atoms with Gasteiger partial charge in [-0.1, -0.05) is 58.8 Å². The number of thiazole rings is 1. The number of halogens is 4. The number of sulfonamides is 1. The van der Waals surface area contributed by atoms with Crippen LogP contribution in [0.3, 0.4) is 0 Å². The largest absolute Gasteiger partial charge is 0.497 e. The van der Waals surface area contributed by atoms with Crippen LogP contribution in [-0.2, 0) is 16.6 Å². The van der Waals surface area contributed by atoms with Crippen LogP contribution in [0, 0.1) is 18.6 Å². The third-order valence-electron chi connectivity index (χ3n) is 5.88. The maximum absolute atomic E-state index is 15.4. The van der Waals surface area contributed by atoms with E-state index in [0.717, 1.165) is 33.3 Å². The van der Waals surface area contributed by atoms with E-state index in [1.807, 2.05) is 6.92 Å². The lowest BCUT2D eigenvalue weighted by atomic mass is 10.1. The van der Waals surface area contributed by atoms with Crippen molar-refractivity contribution in [1.82, 2.24) is 4.98 Å². The quantitative estimate of drug-likeness (QED) is 0.215. The van der Waals surface area contributed by atoms with Gasteiger partial charge in [0.2, 0.25) is 5.13 Å². The van der Waals surface area contributed by atoms with Crippen LogP contribution >= 0.6 is 34.5 Å². The van der Waals surface area contributed by atoms with Crippen LogP contribution in [0.1, 0.15) is 29.7 Å². The number of methoxy groups -OCH3 is 1. The molecule has 4 aromatic rings. The van der Waals surface area contributed by atoms with E-state index in [4.69, 9.17) is 27.9 Å². The molecule has 0 bridgehead atoms. The average molecular weight is 599 g/mol. The van der Waals surface area contributed by atoms with Crippen LogP contribution in [0.15, 0.2) is 65.7 Å². The van der Waals surface area contributed by atoms with Gasteiger partial charge in [0.15, 0.2) is 0 Å².